The van der Waals surface area contributed by atoms with E-state index in [0.717, 1.165) is 56.6 Å². The molecule has 0 spiro atoms. The van der Waals surface area contributed by atoms with Gasteiger partial charge in [-0.25, -0.2) is 9.97 Å². The van der Waals surface area contributed by atoms with Crippen LogP contribution >= 0.6 is 0 Å². The lowest BCUT2D eigenvalue weighted by Crippen LogP contribution is -2.45. The third-order valence-corrected chi connectivity index (χ3v) is 6.42. The highest BCUT2D eigenvalue weighted by molar-refractivity contribution is 5.77. The van der Waals surface area contributed by atoms with Crippen molar-refractivity contribution in [2.24, 2.45) is 5.92 Å². The summed E-state index contributed by atoms with van der Waals surface area (Å²) < 4.78 is 1.85. The topological polar surface area (TPSA) is 75.9 Å². The number of imidazole rings is 1. The van der Waals surface area contributed by atoms with Crippen molar-refractivity contribution in [2.45, 2.75) is 98.1 Å². The van der Waals surface area contributed by atoms with Gasteiger partial charge in [0.25, 0.3) is 0 Å². The van der Waals surface area contributed by atoms with Gasteiger partial charge in [0.2, 0.25) is 11.9 Å². The lowest BCUT2D eigenvalue weighted by Gasteiger charge is -2.38. The molecule has 1 amide bonds. The van der Waals surface area contributed by atoms with E-state index in [1.807, 2.05) is 10.8 Å². The summed E-state index contributed by atoms with van der Waals surface area (Å²) in [5, 5.41) is 3.24. The van der Waals surface area contributed by atoms with Crippen LogP contribution in [0.15, 0.2) is 18.7 Å². The first kappa shape index (κ1) is 24.2. The number of anilines is 1. The molecule has 0 aliphatic carbocycles. The Balaban J connectivity index is 1.74. The first-order valence-corrected chi connectivity index (χ1v) is 12.3. The van der Waals surface area contributed by atoms with Crippen molar-refractivity contribution in [1.29, 1.82) is 0 Å². The zero-order valence-corrected chi connectivity index (χ0v) is 20.5. The van der Waals surface area contributed by atoms with Crippen LogP contribution < -0.4 is 10.2 Å². The molecule has 2 unspecified atom stereocenters. The number of aromatic nitrogens is 4. The van der Waals surface area contributed by atoms with Gasteiger partial charge in [0.1, 0.15) is 12.1 Å². The van der Waals surface area contributed by atoms with E-state index in [9.17, 15) is 4.79 Å². The van der Waals surface area contributed by atoms with Crippen molar-refractivity contribution >= 4 is 11.7 Å². The van der Waals surface area contributed by atoms with E-state index in [0.29, 0.717) is 18.3 Å². The second kappa shape index (κ2) is 11.4. The molecule has 3 heterocycles. The second-order valence-corrected chi connectivity index (χ2v) is 9.58. The predicted octanol–water partition coefficient (Wildman–Crippen LogP) is 4.61. The fourth-order valence-electron chi connectivity index (χ4n) is 4.65. The van der Waals surface area contributed by atoms with Gasteiger partial charge < -0.3 is 10.2 Å². The highest BCUT2D eigenvalue weighted by atomic mass is 16.1. The maximum atomic E-state index is 12.9. The number of hydrogen-bond donors (Lipinski definition) is 1. The minimum atomic E-state index is 0.151. The quantitative estimate of drug-likeness (QED) is 0.584. The van der Waals surface area contributed by atoms with Crippen LogP contribution in [-0.4, -0.2) is 44.1 Å². The molecular weight excluding hydrogens is 400 g/mol. The van der Waals surface area contributed by atoms with E-state index in [1.54, 1.807) is 12.5 Å². The van der Waals surface area contributed by atoms with E-state index >= 15 is 0 Å². The van der Waals surface area contributed by atoms with E-state index in [2.05, 4.69) is 49.8 Å². The number of amides is 1. The van der Waals surface area contributed by atoms with Gasteiger partial charge >= 0.3 is 0 Å². The van der Waals surface area contributed by atoms with Gasteiger partial charge in [0.15, 0.2) is 0 Å². The highest BCUT2D eigenvalue weighted by Crippen LogP contribution is 2.30. The molecular formula is C25H40N6O. The Morgan fingerprint density at radius 3 is 2.72 bits per heavy atom. The van der Waals surface area contributed by atoms with Gasteiger partial charge in [-0.2, -0.15) is 4.98 Å². The third-order valence-electron chi connectivity index (χ3n) is 6.42. The summed E-state index contributed by atoms with van der Waals surface area (Å²) in [6, 6.07) is 0.389. The Morgan fingerprint density at radius 1 is 1.22 bits per heavy atom. The average molecular weight is 441 g/mol. The number of piperidine rings is 1. The fraction of sp³-hybridized carbons (Fsp3) is 0.680. The van der Waals surface area contributed by atoms with Gasteiger partial charge in [-0.1, -0.05) is 33.6 Å². The summed E-state index contributed by atoms with van der Waals surface area (Å²) in [5.41, 5.74) is 2.16. The predicted molar refractivity (Wildman–Crippen MR) is 129 cm³/mol. The van der Waals surface area contributed by atoms with Gasteiger partial charge in [-0.15, -0.1) is 0 Å². The smallest absolute Gasteiger partial charge is 0.237 e. The van der Waals surface area contributed by atoms with Crippen molar-refractivity contribution in [3.05, 3.63) is 30.0 Å². The number of carbonyl (C=O) groups is 1. The average Bonchev–Trinajstić information content (AvgIpc) is 3.28. The molecule has 1 aliphatic heterocycles. The molecule has 32 heavy (non-hydrogen) atoms. The molecule has 1 saturated heterocycles. The maximum absolute atomic E-state index is 12.9. The second-order valence-electron chi connectivity index (χ2n) is 9.58. The maximum Gasteiger partial charge on any atom is 0.237 e. The molecule has 1 aliphatic rings. The van der Waals surface area contributed by atoms with Crippen molar-refractivity contribution in [3.63, 3.8) is 0 Å². The number of hydrogen-bond acceptors (Lipinski definition) is 5. The molecule has 1 N–H and O–H groups in total. The third kappa shape index (κ3) is 6.30. The highest BCUT2D eigenvalue weighted by Gasteiger charge is 2.29. The molecule has 0 bridgehead atoms. The zero-order chi connectivity index (χ0) is 23.1. The monoisotopic (exact) mass is 440 g/mol. The number of aryl methyl sites for hydroxylation is 1. The summed E-state index contributed by atoms with van der Waals surface area (Å²) in [6.07, 6.45) is 13.4. The molecule has 0 saturated carbocycles. The Hall–Kier alpha value is -2.44. The summed E-state index contributed by atoms with van der Waals surface area (Å²) in [4.78, 5) is 29.1. The zero-order valence-electron chi connectivity index (χ0n) is 20.5. The largest absolute Gasteiger partial charge is 0.354 e. The molecule has 1 fully saturated rings. The fourth-order valence-corrected chi connectivity index (χ4v) is 4.65. The van der Waals surface area contributed by atoms with Crippen LogP contribution in [0.25, 0.3) is 5.95 Å². The summed E-state index contributed by atoms with van der Waals surface area (Å²) in [5.74, 6) is 2.48. The van der Waals surface area contributed by atoms with Crippen LogP contribution in [-0.2, 0) is 11.2 Å². The molecule has 3 rings (SSSR count). The van der Waals surface area contributed by atoms with Crippen LogP contribution in [0.4, 0.5) is 5.82 Å². The van der Waals surface area contributed by atoms with Crippen molar-refractivity contribution in [1.82, 2.24) is 24.8 Å². The molecule has 0 radical (unpaired) electrons. The lowest BCUT2D eigenvalue weighted by atomic mass is 9.97. The van der Waals surface area contributed by atoms with Crippen LogP contribution in [0.1, 0.15) is 83.9 Å². The molecule has 176 valence electrons. The number of nitrogens with zero attached hydrogens (tertiary/aromatic N) is 5. The van der Waals surface area contributed by atoms with Crippen molar-refractivity contribution in [3.8, 4) is 5.95 Å². The van der Waals surface area contributed by atoms with Crippen LogP contribution in [0.2, 0.25) is 0 Å². The molecule has 2 atom stereocenters. The normalized spacial score (nSPS) is 17.6. The molecule has 0 aromatic carbocycles. The van der Waals surface area contributed by atoms with E-state index in [-0.39, 0.29) is 18.0 Å². The van der Waals surface area contributed by atoms with Gasteiger partial charge in [0.05, 0.1) is 0 Å². The van der Waals surface area contributed by atoms with Crippen molar-refractivity contribution < 1.29 is 4.79 Å². The van der Waals surface area contributed by atoms with Crippen LogP contribution in [0, 0.1) is 12.8 Å². The van der Waals surface area contributed by atoms with E-state index in [1.165, 1.54) is 12.0 Å². The molecule has 2 aromatic rings. The summed E-state index contributed by atoms with van der Waals surface area (Å²) in [7, 11) is 0. The molecule has 2 aromatic heterocycles. The van der Waals surface area contributed by atoms with Gasteiger partial charge in [-0.3, -0.25) is 9.36 Å². The van der Waals surface area contributed by atoms with E-state index in [4.69, 9.17) is 9.97 Å². The standard InChI is InChI=1S/C25H40N6O/c1-6-22-20(5)28-25(30-15-13-26-17-30)29-24(22)31-14-8-7-12-21(31)16-23(32)27-19(4)11-9-10-18(2)3/h13,15,17-19,21H,6-12,14,16H2,1-5H3,(H,27,32). The summed E-state index contributed by atoms with van der Waals surface area (Å²) in [6.45, 7) is 11.7. The van der Waals surface area contributed by atoms with E-state index < -0.39 is 0 Å². The molecule has 7 heteroatoms. The van der Waals surface area contributed by atoms with Gasteiger partial charge in [0, 0.05) is 48.7 Å². The Labute approximate surface area is 193 Å². The Kier molecular flexibility index (Phi) is 8.65. The first-order valence-electron chi connectivity index (χ1n) is 12.3. The number of rotatable bonds is 10. The minimum Gasteiger partial charge on any atom is -0.354 e. The lowest BCUT2D eigenvalue weighted by molar-refractivity contribution is -0.122. The summed E-state index contributed by atoms with van der Waals surface area (Å²) >= 11 is 0. The van der Waals surface area contributed by atoms with Crippen molar-refractivity contribution in [2.75, 3.05) is 11.4 Å². The molecule has 7 nitrogen and oxygen atoms in total. The van der Waals surface area contributed by atoms with Gasteiger partial charge in [-0.05, 0) is 51.9 Å². The Bertz CT molecular complexity index is 864. The number of carbonyl (C=O) groups excluding carboxylic acids is 1. The Morgan fingerprint density at radius 2 is 2.03 bits per heavy atom. The minimum absolute atomic E-state index is 0.151. The SMILES string of the molecule is CCc1c(C)nc(-n2ccnc2)nc1N1CCCCC1CC(=O)NC(C)CCCC(C)C. The first-order chi connectivity index (χ1) is 15.4. The number of nitrogens with one attached hydrogen (secondary N) is 1. The van der Waals surface area contributed by atoms with Crippen LogP contribution in [0.5, 0.6) is 0 Å². The van der Waals surface area contributed by atoms with Crippen LogP contribution in [0.3, 0.4) is 0 Å².